The van der Waals surface area contributed by atoms with Gasteiger partial charge in [0.05, 0.1) is 10.6 Å². The molecule has 0 atom stereocenters. The SMILES string of the molecule is Cc1nc(-c2ccccc2)sc1C(=O)Nc1ccc(F)c([N+](=O)[O-])c1. The van der Waals surface area contributed by atoms with E-state index in [-0.39, 0.29) is 5.69 Å². The van der Waals surface area contributed by atoms with Crippen molar-refractivity contribution >= 4 is 28.6 Å². The lowest BCUT2D eigenvalue weighted by Gasteiger charge is -2.04. The third-order valence-electron chi connectivity index (χ3n) is 3.42. The number of nitro benzene ring substituents is 1. The van der Waals surface area contributed by atoms with Crippen molar-refractivity contribution in [2.75, 3.05) is 5.32 Å². The highest BCUT2D eigenvalue weighted by molar-refractivity contribution is 7.17. The van der Waals surface area contributed by atoms with Crippen molar-refractivity contribution in [2.45, 2.75) is 6.92 Å². The normalized spacial score (nSPS) is 10.5. The maximum absolute atomic E-state index is 13.4. The number of nitrogens with one attached hydrogen (secondary N) is 1. The quantitative estimate of drug-likeness (QED) is 0.553. The summed E-state index contributed by atoms with van der Waals surface area (Å²) in [6.45, 7) is 1.71. The average Bonchev–Trinajstić information content (AvgIpc) is 2.99. The van der Waals surface area contributed by atoms with Gasteiger partial charge in [0.2, 0.25) is 5.82 Å². The number of aromatic nitrogens is 1. The Morgan fingerprint density at radius 3 is 2.64 bits per heavy atom. The van der Waals surface area contributed by atoms with Gasteiger partial charge in [0, 0.05) is 17.3 Å². The summed E-state index contributed by atoms with van der Waals surface area (Å²) in [7, 11) is 0. The Bertz CT molecular complexity index is 957. The second kappa shape index (κ2) is 6.78. The van der Waals surface area contributed by atoms with Crippen LogP contribution in [0.1, 0.15) is 15.4 Å². The number of hydrogen-bond donors (Lipinski definition) is 1. The third-order valence-corrected chi connectivity index (χ3v) is 4.63. The summed E-state index contributed by atoms with van der Waals surface area (Å²) in [6, 6.07) is 12.6. The number of benzene rings is 2. The average molecular weight is 357 g/mol. The fraction of sp³-hybridized carbons (Fsp3) is 0.0588. The van der Waals surface area contributed by atoms with Crippen molar-refractivity contribution in [2.24, 2.45) is 0 Å². The molecule has 0 fully saturated rings. The molecule has 3 rings (SSSR count). The molecule has 1 amide bonds. The van der Waals surface area contributed by atoms with Crippen LogP contribution in [0, 0.1) is 22.9 Å². The molecule has 0 saturated heterocycles. The first-order valence-electron chi connectivity index (χ1n) is 7.24. The molecule has 0 radical (unpaired) electrons. The summed E-state index contributed by atoms with van der Waals surface area (Å²) in [5.74, 6) is -1.40. The van der Waals surface area contributed by atoms with Crippen molar-refractivity contribution in [3.8, 4) is 10.6 Å². The highest BCUT2D eigenvalue weighted by Gasteiger charge is 2.19. The van der Waals surface area contributed by atoms with Crippen molar-refractivity contribution in [3.05, 3.63) is 75.0 Å². The molecule has 6 nitrogen and oxygen atoms in total. The zero-order valence-electron chi connectivity index (χ0n) is 13.0. The number of carbonyl (C=O) groups excluding carboxylic acids is 1. The maximum atomic E-state index is 13.4. The van der Waals surface area contributed by atoms with Crippen LogP contribution in [0.3, 0.4) is 0 Å². The summed E-state index contributed by atoms with van der Waals surface area (Å²) in [5, 5.41) is 14.0. The number of thiazole rings is 1. The van der Waals surface area contributed by atoms with Gasteiger partial charge in [0.1, 0.15) is 9.88 Å². The van der Waals surface area contributed by atoms with Crippen LogP contribution >= 0.6 is 11.3 Å². The number of hydrogen-bond acceptors (Lipinski definition) is 5. The van der Waals surface area contributed by atoms with Gasteiger partial charge in [-0.25, -0.2) is 4.98 Å². The first-order valence-corrected chi connectivity index (χ1v) is 8.05. The van der Waals surface area contributed by atoms with Crippen LogP contribution in [0.25, 0.3) is 10.6 Å². The molecular formula is C17H12FN3O3S. The molecule has 1 aromatic heterocycles. The van der Waals surface area contributed by atoms with Crippen LogP contribution in [0.15, 0.2) is 48.5 Å². The van der Waals surface area contributed by atoms with Gasteiger partial charge < -0.3 is 5.32 Å². The van der Waals surface area contributed by atoms with Gasteiger partial charge in [-0.05, 0) is 19.1 Å². The molecule has 3 aromatic rings. The van der Waals surface area contributed by atoms with Crippen molar-refractivity contribution in [1.82, 2.24) is 4.98 Å². The number of nitro groups is 1. The number of rotatable bonds is 4. The molecule has 0 aliphatic carbocycles. The molecule has 25 heavy (non-hydrogen) atoms. The number of anilines is 1. The molecule has 0 saturated carbocycles. The minimum absolute atomic E-state index is 0.146. The summed E-state index contributed by atoms with van der Waals surface area (Å²) in [5.41, 5.74) is 0.904. The number of halogens is 1. The second-order valence-electron chi connectivity index (χ2n) is 5.18. The monoisotopic (exact) mass is 357 g/mol. The molecule has 0 unspecified atom stereocenters. The van der Waals surface area contributed by atoms with Crippen LogP contribution in [-0.4, -0.2) is 15.8 Å². The second-order valence-corrected chi connectivity index (χ2v) is 6.18. The molecule has 0 aliphatic heterocycles. The van der Waals surface area contributed by atoms with E-state index in [9.17, 15) is 19.3 Å². The van der Waals surface area contributed by atoms with Crippen molar-refractivity contribution in [3.63, 3.8) is 0 Å². The lowest BCUT2D eigenvalue weighted by molar-refractivity contribution is -0.387. The number of aryl methyl sites for hydroxylation is 1. The Morgan fingerprint density at radius 2 is 1.96 bits per heavy atom. The fourth-order valence-corrected chi connectivity index (χ4v) is 3.20. The van der Waals surface area contributed by atoms with E-state index in [0.717, 1.165) is 17.7 Å². The van der Waals surface area contributed by atoms with Gasteiger partial charge in [-0.1, -0.05) is 30.3 Å². The molecule has 0 bridgehead atoms. The Balaban J connectivity index is 1.86. The highest BCUT2D eigenvalue weighted by atomic mass is 32.1. The van der Waals surface area contributed by atoms with E-state index in [2.05, 4.69) is 10.3 Å². The van der Waals surface area contributed by atoms with Crippen LogP contribution in [-0.2, 0) is 0 Å². The van der Waals surface area contributed by atoms with E-state index < -0.39 is 22.3 Å². The Morgan fingerprint density at radius 1 is 1.24 bits per heavy atom. The highest BCUT2D eigenvalue weighted by Crippen LogP contribution is 2.29. The topological polar surface area (TPSA) is 85.1 Å². The minimum atomic E-state index is -0.955. The molecule has 1 heterocycles. The smallest absolute Gasteiger partial charge is 0.306 e. The van der Waals surface area contributed by atoms with Crippen molar-refractivity contribution in [1.29, 1.82) is 0 Å². The molecule has 0 aliphatic rings. The Kier molecular flexibility index (Phi) is 4.53. The predicted octanol–water partition coefficient (Wildman–Crippen LogP) is 4.42. The Labute approximate surface area is 146 Å². The molecule has 0 spiro atoms. The first kappa shape index (κ1) is 16.7. The van der Waals surface area contributed by atoms with E-state index in [1.165, 1.54) is 17.4 Å². The van der Waals surface area contributed by atoms with Gasteiger partial charge >= 0.3 is 5.69 Å². The van der Waals surface area contributed by atoms with Crippen LogP contribution < -0.4 is 5.32 Å². The van der Waals surface area contributed by atoms with Gasteiger partial charge in [-0.3, -0.25) is 14.9 Å². The Hall–Kier alpha value is -3.13. The van der Waals surface area contributed by atoms with Crippen LogP contribution in [0.2, 0.25) is 0 Å². The van der Waals surface area contributed by atoms with E-state index >= 15 is 0 Å². The zero-order chi connectivity index (χ0) is 18.0. The molecule has 2 aromatic carbocycles. The van der Waals surface area contributed by atoms with Gasteiger partial charge in [0.15, 0.2) is 0 Å². The zero-order valence-corrected chi connectivity index (χ0v) is 13.8. The van der Waals surface area contributed by atoms with Crippen LogP contribution in [0.5, 0.6) is 0 Å². The number of carbonyl (C=O) groups is 1. The van der Waals surface area contributed by atoms with E-state index in [1.54, 1.807) is 6.92 Å². The summed E-state index contributed by atoms with van der Waals surface area (Å²) < 4.78 is 13.4. The maximum Gasteiger partial charge on any atom is 0.306 e. The molecule has 126 valence electrons. The summed E-state index contributed by atoms with van der Waals surface area (Å²) in [6.07, 6.45) is 0. The predicted molar refractivity (Wildman–Crippen MR) is 93.3 cm³/mol. The minimum Gasteiger partial charge on any atom is -0.321 e. The summed E-state index contributed by atoms with van der Waals surface area (Å²) >= 11 is 1.22. The largest absolute Gasteiger partial charge is 0.321 e. The van der Waals surface area contributed by atoms with E-state index in [0.29, 0.717) is 15.6 Å². The first-order chi connectivity index (χ1) is 12.0. The van der Waals surface area contributed by atoms with Crippen LogP contribution in [0.4, 0.5) is 15.8 Å². The molecule has 1 N–H and O–H groups in total. The van der Waals surface area contributed by atoms with Gasteiger partial charge in [0.25, 0.3) is 5.91 Å². The lowest BCUT2D eigenvalue weighted by atomic mass is 10.2. The number of nitrogens with zero attached hydrogens (tertiary/aromatic N) is 2. The summed E-state index contributed by atoms with van der Waals surface area (Å²) in [4.78, 5) is 27.2. The third kappa shape index (κ3) is 3.53. The van der Waals surface area contributed by atoms with Gasteiger partial charge in [-0.2, -0.15) is 4.39 Å². The lowest BCUT2D eigenvalue weighted by Crippen LogP contribution is -2.11. The standard InChI is InChI=1S/C17H12FN3O3S/c1-10-15(25-17(19-10)11-5-3-2-4-6-11)16(22)20-12-7-8-13(18)14(9-12)21(23)24/h2-9H,1H3,(H,20,22). The van der Waals surface area contributed by atoms with E-state index in [1.807, 2.05) is 30.3 Å². The van der Waals surface area contributed by atoms with E-state index in [4.69, 9.17) is 0 Å². The molecular weight excluding hydrogens is 345 g/mol. The fourth-order valence-electron chi connectivity index (χ4n) is 2.23. The van der Waals surface area contributed by atoms with Gasteiger partial charge in [-0.15, -0.1) is 11.3 Å². The number of amides is 1. The van der Waals surface area contributed by atoms with Crippen molar-refractivity contribution < 1.29 is 14.1 Å². The molecule has 8 heteroatoms.